The second kappa shape index (κ2) is 6.30. The second-order valence-corrected chi connectivity index (χ2v) is 7.53. The Morgan fingerprint density at radius 1 is 1.37 bits per heavy atom. The lowest BCUT2D eigenvalue weighted by molar-refractivity contribution is -0.137. The zero-order chi connectivity index (χ0) is 19.2. The van der Waals surface area contributed by atoms with Crippen molar-refractivity contribution in [1.29, 1.82) is 0 Å². The third kappa shape index (κ3) is 3.01. The molecule has 0 radical (unpaired) electrons. The maximum absolute atomic E-state index is 12.1. The molecule has 1 aliphatic heterocycles. The number of benzene rings is 1. The minimum Gasteiger partial charge on any atom is -0.382 e. The molecule has 4 rings (SSSR count). The largest absolute Gasteiger partial charge is 0.382 e. The number of likely N-dealkylation sites (tertiary alicyclic amines) is 1. The Hall–Kier alpha value is -3.02. The van der Waals surface area contributed by atoms with Crippen molar-refractivity contribution in [2.45, 2.75) is 18.9 Å². The molecule has 1 unspecified atom stereocenters. The van der Waals surface area contributed by atoms with E-state index in [9.17, 15) is 9.90 Å². The summed E-state index contributed by atoms with van der Waals surface area (Å²) < 4.78 is 0. The van der Waals surface area contributed by atoms with Gasteiger partial charge < -0.3 is 15.7 Å². The maximum atomic E-state index is 12.1. The lowest BCUT2D eigenvalue weighted by Crippen LogP contribution is -2.37. The highest BCUT2D eigenvalue weighted by molar-refractivity contribution is 7.21. The summed E-state index contributed by atoms with van der Waals surface area (Å²) in [6.07, 6.45) is 1.73. The lowest BCUT2D eigenvalue weighted by Gasteiger charge is -2.13. The van der Waals surface area contributed by atoms with Gasteiger partial charge in [0.25, 0.3) is 5.91 Å². The van der Waals surface area contributed by atoms with Crippen molar-refractivity contribution in [1.82, 2.24) is 19.9 Å². The van der Waals surface area contributed by atoms with E-state index < -0.39 is 5.60 Å². The van der Waals surface area contributed by atoms with Gasteiger partial charge in [-0.05, 0) is 24.6 Å². The average molecular weight is 379 g/mol. The third-order valence-corrected chi connectivity index (χ3v) is 5.61. The number of nitrogens with zero attached hydrogens (tertiary/aromatic N) is 4. The molecule has 3 N–H and O–H groups in total. The van der Waals surface area contributed by atoms with Crippen LogP contribution in [-0.4, -0.2) is 50.1 Å². The molecule has 1 aromatic carbocycles. The van der Waals surface area contributed by atoms with Crippen LogP contribution in [0.4, 0.5) is 5.82 Å². The maximum Gasteiger partial charge on any atom is 0.267 e. The summed E-state index contributed by atoms with van der Waals surface area (Å²) in [5, 5.41) is 11.2. The molecular weight excluding hydrogens is 362 g/mol. The SMILES string of the molecule is Cc1ccc(C#CC2(O)CCN(C)C2=O)cc1-c1nc2c(N)ncnc2s1. The Labute approximate surface area is 159 Å². The molecule has 3 aromatic rings. The number of carbonyl (C=O) groups excluding carboxylic acids is 1. The van der Waals surface area contributed by atoms with Crippen molar-refractivity contribution in [2.24, 2.45) is 0 Å². The van der Waals surface area contributed by atoms with E-state index in [0.29, 0.717) is 29.9 Å². The van der Waals surface area contributed by atoms with Crippen LogP contribution in [0.3, 0.4) is 0 Å². The van der Waals surface area contributed by atoms with Crippen molar-refractivity contribution in [3.05, 3.63) is 35.7 Å². The number of thiazole rings is 1. The zero-order valence-electron chi connectivity index (χ0n) is 14.9. The van der Waals surface area contributed by atoms with Gasteiger partial charge in [0.05, 0.1) is 0 Å². The quantitative estimate of drug-likeness (QED) is 0.622. The van der Waals surface area contributed by atoms with E-state index in [0.717, 1.165) is 21.0 Å². The molecule has 27 heavy (non-hydrogen) atoms. The topological polar surface area (TPSA) is 105 Å². The van der Waals surface area contributed by atoms with Gasteiger partial charge >= 0.3 is 0 Å². The molecule has 0 saturated carbocycles. The number of carbonyl (C=O) groups is 1. The fourth-order valence-electron chi connectivity index (χ4n) is 2.96. The van der Waals surface area contributed by atoms with Gasteiger partial charge in [0.15, 0.2) is 5.82 Å². The molecular formula is C19H17N5O2S. The van der Waals surface area contributed by atoms with Crippen molar-refractivity contribution in [3.8, 4) is 22.4 Å². The number of rotatable bonds is 1. The molecule has 3 heterocycles. The number of amides is 1. The number of nitrogen functional groups attached to an aromatic ring is 1. The lowest BCUT2D eigenvalue weighted by atomic mass is 10.0. The zero-order valence-corrected chi connectivity index (χ0v) is 15.7. The number of aliphatic hydroxyl groups is 1. The molecule has 1 atom stereocenters. The van der Waals surface area contributed by atoms with E-state index in [1.165, 1.54) is 22.6 Å². The van der Waals surface area contributed by atoms with Crippen LogP contribution in [0, 0.1) is 18.8 Å². The van der Waals surface area contributed by atoms with Gasteiger partial charge in [0, 0.05) is 31.1 Å². The van der Waals surface area contributed by atoms with Crippen LogP contribution in [-0.2, 0) is 4.79 Å². The van der Waals surface area contributed by atoms with Crippen LogP contribution >= 0.6 is 11.3 Å². The molecule has 1 fully saturated rings. The number of fused-ring (bicyclic) bond motifs is 1. The highest BCUT2D eigenvalue weighted by Gasteiger charge is 2.42. The van der Waals surface area contributed by atoms with Crippen molar-refractivity contribution < 1.29 is 9.90 Å². The standard InChI is InChI=1S/C19H17N5O2S/c1-11-3-4-12(5-6-19(26)7-8-24(2)18(19)25)9-13(11)16-23-14-15(20)21-10-22-17(14)27-16/h3-4,9-10,26H,7-8H2,1-2H3,(H2,20,21,22). The number of hydrogen-bond acceptors (Lipinski definition) is 7. The van der Waals surface area contributed by atoms with E-state index in [4.69, 9.17) is 5.73 Å². The Morgan fingerprint density at radius 3 is 2.89 bits per heavy atom. The second-order valence-electron chi connectivity index (χ2n) is 6.55. The highest BCUT2D eigenvalue weighted by Crippen LogP contribution is 2.33. The van der Waals surface area contributed by atoms with Crippen molar-refractivity contribution in [3.63, 3.8) is 0 Å². The Morgan fingerprint density at radius 2 is 2.19 bits per heavy atom. The summed E-state index contributed by atoms with van der Waals surface area (Å²) in [5.41, 5.74) is 7.49. The molecule has 8 heteroatoms. The van der Waals surface area contributed by atoms with Gasteiger partial charge in [-0.15, -0.1) is 0 Å². The molecule has 0 aliphatic carbocycles. The van der Waals surface area contributed by atoms with E-state index in [1.807, 2.05) is 25.1 Å². The first kappa shape index (κ1) is 17.4. The minimum atomic E-state index is -1.61. The molecule has 0 spiro atoms. The Bertz CT molecular complexity index is 1130. The van der Waals surface area contributed by atoms with Crippen LogP contribution in [0.5, 0.6) is 0 Å². The molecule has 1 amide bonds. The molecule has 0 bridgehead atoms. The van der Waals surface area contributed by atoms with Crippen LogP contribution in [0.1, 0.15) is 17.5 Å². The summed E-state index contributed by atoms with van der Waals surface area (Å²) in [7, 11) is 1.66. The Balaban J connectivity index is 1.73. The number of anilines is 1. The smallest absolute Gasteiger partial charge is 0.267 e. The van der Waals surface area contributed by atoms with Crippen molar-refractivity contribution >= 4 is 33.4 Å². The minimum absolute atomic E-state index is 0.309. The number of aromatic nitrogens is 3. The normalized spacial score (nSPS) is 19.4. The molecule has 2 aromatic heterocycles. The van der Waals surface area contributed by atoms with Gasteiger partial charge in [0.2, 0.25) is 5.60 Å². The van der Waals surface area contributed by atoms with E-state index in [1.54, 1.807) is 7.05 Å². The van der Waals surface area contributed by atoms with Gasteiger partial charge in [-0.25, -0.2) is 15.0 Å². The van der Waals surface area contributed by atoms with Crippen LogP contribution in [0.25, 0.3) is 20.9 Å². The van der Waals surface area contributed by atoms with Gasteiger partial charge in [-0.1, -0.05) is 29.2 Å². The van der Waals surface area contributed by atoms with Crippen LogP contribution in [0.2, 0.25) is 0 Å². The van der Waals surface area contributed by atoms with Crippen molar-refractivity contribution in [2.75, 3.05) is 19.3 Å². The third-order valence-electron chi connectivity index (χ3n) is 4.61. The van der Waals surface area contributed by atoms with Gasteiger partial charge in [-0.3, -0.25) is 4.79 Å². The summed E-state index contributed by atoms with van der Waals surface area (Å²) in [5.74, 6) is 5.67. The number of aryl methyl sites for hydroxylation is 1. The fourth-order valence-corrected chi connectivity index (χ4v) is 3.96. The molecule has 136 valence electrons. The first-order chi connectivity index (χ1) is 12.9. The average Bonchev–Trinajstić information content (AvgIpc) is 3.20. The van der Waals surface area contributed by atoms with Crippen LogP contribution in [0.15, 0.2) is 24.5 Å². The summed E-state index contributed by atoms with van der Waals surface area (Å²) in [4.78, 5) is 27.0. The molecule has 1 aliphatic rings. The molecule has 7 nitrogen and oxygen atoms in total. The fraction of sp³-hybridized carbons (Fsp3) is 0.263. The molecule has 1 saturated heterocycles. The van der Waals surface area contributed by atoms with Crippen LogP contribution < -0.4 is 5.73 Å². The van der Waals surface area contributed by atoms with E-state index >= 15 is 0 Å². The first-order valence-corrected chi connectivity index (χ1v) is 9.18. The number of nitrogens with two attached hydrogens (primary N) is 1. The highest BCUT2D eigenvalue weighted by atomic mass is 32.1. The number of likely N-dealkylation sites (N-methyl/N-ethyl adjacent to an activating group) is 1. The van der Waals surface area contributed by atoms with E-state index in [-0.39, 0.29) is 5.91 Å². The monoisotopic (exact) mass is 379 g/mol. The van der Waals surface area contributed by atoms with Gasteiger partial charge in [-0.2, -0.15) is 0 Å². The summed E-state index contributed by atoms with van der Waals surface area (Å²) in [6.45, 7) is 2.48. The summed E-state index contributed by atoms with van der Waals surface area (Å²) in [6, 6.07) is 5.70. The predicted molar refractivity (Wildman–Crippen MR) is 104 cm³/mol. The Kier molecular flexibility index (Phi) is 4.06. The summed E-state index contributed by atoms with van der Waals surface area (Å²) >= 11 is 1.43. The predicted octanol–water partition coefficient (Wildman–Crippen LogP) is 1.59. The van der Waals surface area contributed by atoms with E-state index in [2.05, 4.69) is 26.8 Å². The van der Waals surface area contributed by atoms with Gasteiger partial charge in [0.1, 0.15) is 21.7 Å². The number of hydrogen-bond donors (Lipinski definition) is 2. The first-order valence-electron chi connectivity index (χ1n) is 8.36.